The van der Waals surface area contributed by atoms with Gasteiger partial charge in [0, 0.05) is 16.7 Å². The quantitative estimate of drug-likeness (QED) is 0.484. The molecule has 3 fully saturated rings. The fourth-order valence-corrected chi connectivity index (χ4v) is 7.34. The van der Waals surface area contributed by atoms with Crippen molar-refractivity contribution < 1.29 is 38.7 Å². The summed E-state index contributed by atoms with van der Waals surface area (Å²) in [5.41, 5.74) is -2.15. The summed E-state index contributed by atoms with van der Waals surface area (Å²) in [4.78, 5) is 42.5. The number of hydrogen-bond donors (Lipinski definition) is 4. The number of aliphatic hydroxyl groups excluding tert-OH is 1. The zero-order chi connectivity index (χ0) is 22.1. The summed E-state index contributed by atoms with van der Waals surface area (Å²) in [5, 5.41) is 22.6. The molecule has 7 atom stereocenters. The lowest BCUT2D eigenvalue weighted by Gasteiger charge is -2.59. The van der Waals surface area contributed by atoms with E-state index in [1.54, 1.807) is 19.1 Å². The van der Waals surface area contributed by atoms with Crippen molar-refractivity contribution in [2.24, 2.45) is 28.6 Å². The molecule has 0 heterocycles. The van der Waals surface area contributed by atoms with Crippen LogP contribution in [0.5, 0.6) is 0 Å². The first kappa shape index (κ1) is 22.1. The SMILES string of the molecule is CC12C[C@H](O)[C@H]3[C@@H](CCC4=CC(=O)C=C[C@@]43C)[C@@H]1CC[C@]2(O)C(=O)COP(=O)(O)O. The summed E-state index contributed by atoms with van der Waals surface area (Å²) in [6.45, 7) is 2.97. The predicted molar refractivity (Wildman–Crippen MR) is 106 cm³/mol. The molecule has 4 rings (SSSR count). The minimum absolute atomic E-state index is 0.0284. The van der Waals surface area contributed by atoms with Gasteiger partial charge in [-0.15, -0.1) is 0 Å². The number of fused-ring (bicyclic) bond motifs is 5. The van der Waals surface area contributed by atoms with Crippen LogP contribution in [-0.4, -0.2) is 49.9 Å². The maximum absolute atomic E-state index is 12.8. The van der Waals surface area contributed by atoms with Gasteiger partial charge in [-0.1, -0.05) is 25.5 Å². The summed E-state index contributed by atoms with van der Waals surface area (Å²) in [6, 6.07) is 0. The van der Waals surface area contributed by atoms with E-state index in [9.17, 15) is 24.4 Å². The molecule has 0 spiro atoms. The molecule has 166 valence electrons. The minimum atomic E-state index is -4.84. The molecular weight excluding hydrogens is 411 g/mol. The van der Waals surface area contributed by atoms with Crippen molar-refractivity contribution in [3.8, 4) is 0 Å². The Morgan fingerprint density at radius 2 is 2.00 bits per heavy atom. The van der Waals surface area contributed by atoms with Crippen LogP contribution in [-0.2, 0) is 18.7 Å². The summed E-state index contributed by atoms with van der Waals surface area (Å²) >= 11 is 0. The molecule has 0 radical (unpaired) electrons. The van der Waals surface area contributed by atoms with Gasteiger partial charge >= 0.3 is 7.82 Å². The number of rotatable bonds is 4. The average Bonchev–Trinajstić information content (AvgIpc) is 2.91. The van der Waals surface area contributed by atoms with E-state index in [-0.39, 0.29) is 36.4 Å². The van der Waals surface area contributed by atoms with Gasteiger partial charge in [-0.05, 0) is 56.1 Å². The van der Waals surface area contributed by atoms with Gasteiger partial charge in [0.15, 0.2) is 11.6 Å². The molecule has 0 saturated heterocycles. The Morgan fingerprint density at radius 3 is 2.67 bits per heavy atom. The van der Waals surface area contributed by atoms with Crippen LogP contribution in [0.4, 0.5) is 0 Å². The van der Waals surface area contributed by atoms with Crippen molar-refractivity contribution in [3.63, 3.8) is 0 Å². The van der Waals surface area contributed by atoms with E-state index >= 15 is 0 Å². The third-order valence-corrected chi connectivity index (χ3v) is 8.94. The summed E-state index contributed by atoms with van der Waals surface area (Å²) in [7, 11) is -4.84. The first-order chi connectivity index (χ1) is 13.8. The molecular formula is C21H29O8P. The van der Waals surface area contributed by atoms with Crippen LogP contribution in [0.3, 0.4) is 0 Å². The fraction of sp³-hybridized carbons (Fsp3) is 0.714. The zero-order valence-corrected chi connectivity index (χ0v) is 18.0. The van der Waals surface area contributed by atoms with Crippen molar-refractivity contribution in [1.82, 2.24) is 0 Å². The number of carbonyl (C=O) groups excluding carboxylic acids is 2. The van der Waals surface area contributed by atoms with Gasteiger partial charge in [-0.3, -0.25) is 14.1 Å². The monoisotopic (exact) mass is 440 g/mol. The Labute approximate surface area is 175 Å². The van der Waals surface area contributed by atoms with Crippen LogP contribution in [0.15, 0.2) is 23.8 Å². The normalized spacial score (nSPS) is 45.4. The molecule has 0 aromatic heterocycles. The standard InChI is InChI=1S/C21H29O8P/c1-19-7-5-13(22)9-12(19)3-4-14-15-6-8-21(25,17(24)11-29-30(26,27)28)20(15,2)10-16(23)18(14)19/h5,7,9,14-16,18,23,25H,3-4,6,8,10-11H2,1-2H3,(H2,26,27,28)/t14-,15-,16-,18+,19-,20?,21-/m0/s1. The number of hydrogen-bond acceptors (Lipinski definition) is 6. The molecule has 8 nitrogen and oxygen atoms in total. The predicted octanol–water partition coefficient (Wildman–Crippen LogP) is 1.67. The third kappa shape index (κ3) is 3.12. The molecule has 9 heteroatoms. The Kier molecular flexibility index (Phi) is 5.09. The number of phosphoric ester groups is 1. The molecule has 0 bridgehead atoms. The van der Waals surface area contributed by atoms with Crippen LogP contribution in [0.1, 0.15) is 46.0 Å². The topological polar surface area (TPSA) is 141 Å². The second kappa shape index (κ2) is 6.92. The van der Waals surface area contributed by atoms with Crippen molar-refractivity contribution in [1.29, 1.82) is 0 Å². The largest absolute Gasteiger partial charge is 0.470 e. The van der Waals surface area contributed by atoms with Crippen LogP contribution < -0.4 is 0 Å². The van der Waals surface area contributed by atoms with Gasteiger partial charge < -0.3 is 20.0 Å². The molecule has 4 N–H and O–H groups in total. The van der Waals surface area contributed by atoms with Crippen molar-refractivity contribution in [2.75, 3.05) is 6.61 Å². The van der Waals surface area contributed by atoms with E-state index < -0.39 is 42.7 Å². The number of ketones is 2. The highest BCUT2D eigenvalue weighted by molar-refractivity contribution is 7.46. The van der Waals surface area contributed by atoms with E-state index in [0.29, 0.717) is 6.42 Å². The van der Waals surface area contributed by atoms with Crippen LogP contribution in [0.25, 0.3) is 0 Å². The van der Waals surface area contributed by atoms with Gasteiger partial charge in [0.2, 0.25) is 0 Å². The molecule has 0 aromatic carbocycles. The third-order valence-electron chi connectivity index (χ3n) is 8.47. The van der Waals surface area contributed by atoms with E-state index in [1.807, 2.05) is 13.0 Å². The van der Waals surface area contributed by atoms with E-state index in [2.05, 4.69) is 4.52 Å². The maximum Gasteiger partial charge on any atom is 0.470 e. The lowest BCUT2D eigenvalue weighted by molar-refractivity contribution is -0.178. The van der Waals surface area contributed by atoms with Gasteiger partial charge in [-0.2, -0.15) is 0 Å². The Balaban J connectivity index is 1.65. The van der Waals surface area contributed by atoms with Gasteiger partial charge in [0.1, 0.15) is 12.2 Å². The first-order valence-corrected chi connectivity index (χ1v) is 11.9. The maximum atomic E-state index is 12.8. The molecule has 30 heavy (non-hydrogen) atoms. The van der Waals surface area contributed by atoms with Crippen molar-refractivity contribution in [2.45, 2.75) is 57.7 Å². The molecule has 0 aliphatic heterocycles. The number of aliphatic hydroxyl groups is 2. The number of phosphoric acid groups is 1. The molecule has 1 unspecified atom stereocenters. The van der Waals surface area contributed by atoms with Crippen molar-refractivity contribution >= 4 is 19.4 Å². The lowest BCUT2D eigenvalue weighted by atomic mass is 9.46. The second-order valence-corrected chi connectivity index (χ2v) is 11.0. The Hall–Kier alpha value is -1.15. The van der Waals surface area contributed by atoms with Crippen LogP contribution >= 0.6 is 7.82 Å². The van der Waals surface area contributed by atoms with Gasteiger partial charge in [0.05, 0.1) is 6.10 Å². The van der Waals surface area contributed by atoms with E-state index in [0.717, 1.165) is 18.4 Å². The van der Waals surface area contributed by atoms with Gasteiger partial charge in [-0.25, -0.2) is 4.57 Å². The molecule has 0 aromatic rings. The summed E-state index contributed by atoms with van der Waals surface area (Å²) in [5.74, 6) is -0.888. The Morgan fingerprint density at radius 1 is 1.30 bits per heavy atom. The highest BCUT2D eigenvalue weighted by Crippen LogP contribution is 2.67. The molecule has 0 amide bonds. The first-order valence-electron chi connectivity index (χ1n) is 10.4. The van der Waals surface area contributed by atoms with Crippen LogP contribution in [0, 0.1) is 28.6 Å². The lowest BCUT2D eigenvalue weighted by Crippen LogP contribution is -2.61. The highest BCUT2D eigenvalue weighted by atomic mass is 31.2. The zero-order valence-electron chi connectivity index (χ0n) is 17.2. The average molecular weight is 440 g/mol. The number of Topliss-reactive ketones (excluding diaryl/α,β-unsaturated/α-hetero) is 1. The second-order valence-electron chi connectivity index (χ2n) is 9.80. The van der Waals surface area contributed by atoms with E-state index in [1.165, 1.54) is 0 Å². The van der Waals surface area contributed by atoms with E-state index in [4.69, 9.17) is 9.79 Å². The van der Waals surface area contributed by atoms with Gasteiger partial charge in [0.25, 0.3) is 0 Å². The molecule has 4 aliphatic rings. The smallest absolute Gasteiger partial charge is 0.393 e. The highest BCUT2D eigenvalue weighted by Gasteiger charge is 2.68. The molecule has 3 saturated carbocycles. The Bertz CT molecular complexity index is 889. The summed E-state index contributed by atoms with van der Waals surface area (Å²) in [6.07, 6.45) is 6.76. The minimum Gasteiger partial charge on any atom is -0.393 e. The number of allylic oxidation sites excluding steroid dienone is 4. The van der Waals surface area contributed by atoms with Crippen LogP contribution in [0.2, 0.25) is 0 Å². The van der Waals surface area contributed by atoms with Crippen molar-refractivity contribution in [3.05, 3.63) is 23.8 Å². The summed E-state index contributed by atoms with van der Waals surface area (Å²) < 4.78 is 15.4. The molecule has 4 aliphatic carbocycles. The number of carbonyl (C=O) groups is 2. The fourth-order valence-electron chi connectivity index (χ4n) is 7.05.